The molecule has 0 amide bonds. The quantitative estimate of drug-likeness (QED) is 0.519. The topological polar surface area (TPSA) is 35.5 Å². The molecule has 0 saturated carbocycles. The third kappa shape index (κ3) is 2.32. The molecule has 0 fully saturated rings. The van der Waals surface area contributed by atoms with Crippen molar-refractivity contribution in [3.05, 3.63) is 21.2 Å². The third-order valence-corrected chi connectivity index (χ3v) is 6.01. The van der Waals surface area contributed by atoms with Crippen LogP contribution in [0, 0.1) is 0 Å². The lowest BCUT2D eigenvalue weighted by Gasteiger charge is -2.37. The number of halogens is 5. The lowest BCUT2D eigenvalue weighted by Crippen LogP contribution is -2.41. The highest BCUT2D eigenvalue weighted by Gasteiger charge is 2.53. The first-order valence-corrected chi connectivity index (χ1v) is 6.93. The Kier molecular flexibility index (Phi) is 5.08. The number of carbonyl (C=O) groups is 1. The monoisotopic (exact) mass is 396 g/mol. The Morgan fingerprint density at radius 3 is 2.11 bits per heavy atom. The van der Waals surface area contributed by atoms with Crippen molar-refractivity contribution in [1.29, 1.82) is 0 Å². The van der Waals surface area contributed by atoms with Crippen LogP contribution in [0.3, 0.4) is 0 Å². The summed E-state index contributed by atoms with van der Waals surface area (Å²) in [6.07, 6.45) is 0. The molecule has 0 aromatic heterocycles. The molecule has 2 atom stereocenters. The van der Waals surface area contributed by atoms with Crippen LogP contribution in [0.2, 0.25) is 0 Å². The Hall–Kier alpha value is 0.550. The van der Waals surface area contributed by atoms with Crippen molar-refractivity contribution < 1.29 is 14.3 Å². The number of methoxy groups -OCH3 is 2. The van der Waals surface area contributed by atoms with E-state index in [2.05, 4.69) is 20.7 Å². The van der Waals surface area contributed by atoms with Crippen LogP contribution in [0.5, 0.6) is 0 Å². The van der Waals surface area contributed by atoms with Gasteiger partial charge in [0.25, 0.3) is 0 Å². The minimum Gasteiger partial charge on any atom is -0.465 e. The van der Waals surface area contributed by atoms with Gasteiger partial charge in [0, 0.05) is 7.11 Å². The third-order valence-electron chi connectivity index (χ3n) is 2.57. The highest BCUT2D eigenvalue weighted by Crippen LogP contribution is 2.55. The second-order valence-electron chi connectivity index (χ2n) is 3.49. The number of esters is 1. The van der Waals surface area contributed by atoms with E-state index in [0.29, 0.717) is 5.57 Å². The molecule has 8 heteroatoms. The zero-order valence-corrected chi connectivity index (χ0v) is 14.2. The summed E-state index contributed by atoms with van der Waals surface area (Å²) in [5, 5.41) is -1.69. The zero-order chi connectivity index (χ0) is 14.3. The van der Waals surface area contributed by atoms with Crippen molar-refractivity contribution in [2.45, 2.75) is 15.8 Å². The van der Waals surface area contributed by atoms with E-state index in [1.807, 2.05) is 0 Å². The van der Waals surface area contributed by atoms with Crippen LogP contribution < -0.4 is 0 Å². The summed E-state index contributed by atoms with van der Waals surface area (Å²) in [7, 11) is 2.49. The van der Waals surface area contributed by atoms with Crippen LogP contribution in [0.15, 0.2) is 21.2 Å². The molecule has 0 radical (unpaired) electrons. The van der Waals surface area contributed by atoms with Gasteiger partial charge in [0.1, 0.15) is 5.57 Å². The summed E-state index contributed by atoms with van der Waals surface area (Å²) in [5.74, 6) is -0.771. The summed E-state index contributed by atoms with van der Waals surface area (Å²) in [5.41, 5.74) is 0.277. The van der Waals surface area contributed by atoms with Crippen molar-refractivity contribution in [3.8, 4) is 0 Å². The van der Waals surface area contributed by atoms with Crippen molar-refractivity contribution >= 4 is 68.3 Å². The number of alkyl halides is 3. The fourth-order valence-corrected chi connectivity index (χ4v) is 3.24. The highest BCUT2D eigenvalue weighted by molar-refractivity contribution is 9.10. The fraction of sp³-hybridized carbons (Fsp3) is 0.500. The summed E-state index contributed by atoms with van der Waals surface area (Å²) in [6.45, 7) is 1.62. The molecule has 0 N–H and O–H groups in total. The van der Waals surface area contributed by atoms with E-state index in [-0.39, 0.29) is 15.6 Å². The van der Waals surface area contributed by atoms with Crippen LogP contribution in [0.1, 0.15) is 6.92 Å². The molecule has 3 nitrogen and oxygen atoms in total. The van der Waals surface area contributed by atoms with E-state index in [4.69, 9.17) is 51.1 Å². The highest BCUT2D eigenvalue weighted by atomic mass is 79.9. The molecule has 0 spiro atoms. The largest absolute Gasteiger partial charge is 0.465 e. The predicted molar refractivity (Wildman–Crippen MR) is 76.6 cm³/mol. The molecule has 0 aromatic carbocycles. The van der Waals surface area contributed by atoms with Gasteiger partial charge in [-0.25, -0.2) is 4.79 Å². The number of ether oxygens (including phenoxy) is 2. The van der Waals surface area contributed by atoms with E-state index in [1.54, 1.807) is 6.92 Å². The molecule has 1 aliphatic carbocycles. The molecule has 0 aromatic rings. The van der Waals surface area contributed by atoms with E-state index < -0.39 is 14.8 Å². The maximum atomic E-state index is 11.8. The molecule has 102 valence electrons. The van der Waals surface area contributed by atoms with Gasteiger partial charge >= 0.3 is 5.97 Å². The van der Waals surface area contributed by atoms with Gasteiger partial charge in [-0.05, 0) is 12.5 Å². The number of allylic oxidation sites excluding steroid dienone is 2. The van der Waals surface area contributed by atoms with Gasteiger partial charge in [-0.1, -0.05) is 62.3 Å². The Morgan fingerprint density at radius 2 is 1.72 bits per heavy atom. The Balaban J connectivity index is 3.62. The molecule has 1 rings (SSSR count). The molecule has 0 heterocycles. The lowest BCUT2D eigenvalue weighted by molar-refractivity contribution is -0.137. The fourth-order valence-electron chi connectivity index (χ4n) is 1.47. The maximum Gasteiger partial charge on any atom is 0.339 e. The molecule has 1 aliphatic rings. The second-order valence-corrected chi connectivity index (χ2v) is 6.99. The van der Waals surface area contributed by atoms with Gasteiger partial charge in [-0.15, -0.1) is 0 Å². The van der Waals surface area contributed by atoms with Crippen LogP contribution in [0.25, 0.3) is 0 Å². The first-order valence-electron chi connectivity index (χ1n) is 4.62. The molecule has 18 heavy (non-hydrogen) atoms. The average molecular weight is 399 g/mol. The minimum absolute atomic E-state index is 0.0465. The summed E-state index contributed by atoms with van der Waals surface area (Å²) in [4.78, 5) is 11.8. The Morgan fingerprint density at radius 1 is 1.22 bits per heavy atom. The first kappa shape index (κ1) is 16.6. The standard InChI is InChI=1S/C10H9BrCl4O3/c1-4-6(12)10(15,18-3)5(8(16)17-2)7(13)9(4,11)14/h1-3H3. The first-order chi connectivity index (χ1) is 8.14. The number of hydrogen-bond donors (Lipinski definition) is 0. The average Bonchev–Trinajstić information content (AvgIpc) is 2.34. The van der Waals surface area contributed by atoms with Crippen molar-refractivity contribution in [1.82, 2.24) is 0 Å². The van der Waals surface area contributed by atoms with E-state index in [0.717, 1.165) is 0 Å². The Bertz CT molecular complexity index is 458. The normalized spacial score (nSPS) is 32.9. The van der Waals surface area contributed by atoms with Crippen LogP contribution in [-0.2, 0) is 14.3 Å². The smallest absolute Gasteiger partial charge is 0.339 e. The van der Waals surface area contributed by atoms with E-state index in [1.165, 1.54) is 14.2 Å². The second kappa shape index (κ2) is 5.51. The number of rotatable bonds is 2. The van der Waals surface area contributed by atoms with Gasteiger partial charge in [0.2, 0.25) is 5.06 Å². The van der Waals surface area contributed by atoms with Gasteiger partial charge in [-0.3, -0.25) is 0 Å². The van der Waals surface area contributed by atoms with E-state index in [9.17, 15) is 4.79 Å². The lowest BCUT2D eigenvalue weighted by atomic mass is 9.95. The van der Waals surface area contributed by atoms with Gasteiger partial charge in [-0.2, -0.15) is 0 Å². The molecular weight excluding hydrogens is 390 g/mol. The minimum atomic E-state index is -1.71. The summed E-state index contributed by atoms with van der Waals surface area (Å²) in [6, 6.07) is 0. The SMILES string of the molecule is COC(=O)C1=C(Cl)C(Cl)(Br)C(C)=C(Cl)C1(Cl)OC. The maximum absolute atomic E-state index is 11.8. The molecule has 0 bridgehead atoms. The number of carbonyl (C=O) groups excluding carboxylic acids is 1. The van der Waals surface area contributed by atoms with Crippen molar-refractivity contribution in [3.63, 3.8) is 0 Å². The number of hydrogen-bond acceptors (Lipinski definition) is 3. The summed E-state index contributed by atoms with van der Waals surface area (Å²) >= 11 is 27.9. The van der Waals surface area contributed by atoms with Crippen LogP contribution in [-0.4, -0.2) is 29.0 Å². The molecule has 0 aliphatic heterocycles. The van der Waals surface area contributed by atoms with Gasteiger partial charge in [0.05, 0.1) is 17.2 Å². The van der Waals surface area contributed by atoms with Crippen LogP contribution >= 0.6 is 62.3 Å². The van der Waals surface area contributed by atoms with Crippen LogP contribution in [0.4, 0.5) is 0 Å². The molecule has 2 unspecified atom stereocenters. The molecular formula is C10H9BrCl4O3. The van der Waals surface area contributed by atoms with Gasteiger partial charge < -0.3 is 9.47 Å². The summed E-state index contributed by atoms with van der Waals surface area (Å²) < 4.78 is 8.43. The van der Waals surface area contributed by atoms with Gasteiger partial charge in [0.15, 0.2) is 3.78 Å². The van der Waals surface area contributed by atoms with Crippen molar-refractivity contribution in [2.24, 2.45) is 0 Å². The van der Waals surface area contributed by atoms with E-state index >= 15 is 0 Å². The Labute approximate surface area is 133 Å². The van der Waals surface area contributed by atoms with Crippen molar-refractivity contribution in [2.75, 3.05) is 14.2 Å². The predicted octanol–water partition coefficient (Wildman–Crippen LogP) is 4.09. The zero-order valence-electron chi connectivity index (χ0n) is 9.61. The molecule has 0 saturated heterocycles.